The minimum absolute atomic E-state index is 0.128. The van der Waals surface area contributed by atoms with E-state index in [1.807, 2.05) is 0 Å². The summed E-state index contributed by atoms with van der Waals surface area (Å²) in [5, 5.41) is 8.76. The molecule has 0 bridgehead atoms. The van der Waals surface area contributed by atoms with Crippen LogP contribution >= 0.6 is 14.5 Å². The summed E-state index contributed by atoms with van der Waals surface area (Å²) in [7, 11) is -5.05. The second-order valence-corrected chi connectivity index (χ2v) is 23.6. The summed E-state index contributed by atoms with van der Waals surface area (Å²) in [5.74, 6) is 0.255. The largest absolute Gasteiger partial charge is 0.132 e. The van der Waals surface area contributed by atoms with E-state index in [4.69, 9.17) is 0 Å². The predicted molar refractivity (Wildman–Crippen MR) is 262 cm³/mol. The highest BCUT2D eigenvalue weighted by Gasteiger charge is 2.74. The summed E-state index contributed by atoms with van der Waals surface area (Å²) in [6, 6.07) is 88.7. The van der Waals surface area contributed by atoms with Crippen LogP contribution in [0.3, 0.4) is 0 Å². The Morgan fingerprint density at radius 2 is 0.533 bits per heavy atom. The number of aryl methyl sites for hydroxylation is 2. The quantitative estimate of drug-likeness (QED) is 0.127. The lowest BCUT2D eigenvalue weighted by Crippen LogP contribution is -2.45. The minimum atomic E-state index is -2.53. The lowest BCUT2D eigenvalue weighted by molar-refractivity contribution is 0.665. The molecule has 0 saturated heterocycles. The van der Waals surface area contributed by atoms with Crippen molar-refractivity contribution >= 4 is 46.4 Å². The van der Waals surface area contributed by atoms with Crippen molar-refractivity contribution in [2.24, 2.45) is 0 Å². The zero-order valence-electron chi connectivity index (χ0n) is 34.3. The Morgan fingerprint density at radius 3 is 0.800 bits per heavy atom. The van der Waals surface area contributed by atoms with E-state index in [9.17, 15) is 0 Å². The molecule has 0 aliphatic carbocycles. The molecule has 290 valence electrons. The van der Waals surface area contributed by atoms with Gasteiger partial charge in [-0.2, -0.15) is 0 Å². The molecule has 0 N–H and O–H groups in total. The third-order valence-electron chi connectivity index (χ3n) is 13.1. The Balaban J connectivity index is 1.42. The standard InChI is InChI=1S/C58H50P2/c1-43-33-37-45(38-34-43)53-41-55(47-21-9-3-10-22-47)59(49-25-13-5-14-26-49,50-27-15-6-16-28-50)57(53)58-54(46-39-35-44(2)36-40-46)42-56(48-23-11-4-12-24-48)60(58,51-29-17-7-18-30-51)52-31-19-8-20-32-52/h3-42,53-54,57-58H,1-2H3/q+2. The van der Waals surface area contributed by atoms with Crippen molar-refractivity contribution in [2.45, 2.75) is 37.0 Å². The SMILES string of the molecule is Cc1ccc(C2C=C(c3ccccc3)[P+](c3ccccc3)(c3ccccc3)C2C2C(c3ccc(C)cc3)C=C(c3ccccc3)[P+]2(c2ccccc2)c2ccccc2)cc1. The van der Waals surface area contributed by atoms with Gasteiger partial charge in [-0.3, -0.25) is 0 Å². The number of benzene rings is 8. The van der Waals surface area contributed by atoms with Crippen molar-refractivity contribution < 1.29 is 0 Å². The third kappa shape index (κ3) is 6.37. The van der Waals surface area contributed by atoms with E-state index >= 15 is 0 Å². The summed E-state index contributed by atoms with van der Waals surface area (Å²) in [6.45, 7) is 4.43. The molecule has 4 atom stereocenters. The molecule has 60 heavy (non-hydrogen) atoms. The first-order valence-corrected chi connectivity index (χ1v) is 25.0. The van der Waals surface area contributed by atoms with Crippen LogP contribution in [-0.4, -0.2) is 11.3 Å². The normalized spacial score (nSPS) is 20.3. The molecule has 0 amide bonds. The Hall–Kier alpha value is -5.90. The van der Waals surface area contributed by atoms with Crippen LogP contribution in [0.2, 0.25) is 0 Å². The molecule has 8 aromatic carbocycles. The molecule has 2 heterocycles. The molecule has 0 nitrogen and oxygen atoms in total. The maximum absolute atomic E-state index is 2.75. The van der Waals surface area contributed by atoms with Crippen LogP contribution in [0.5, 0.6) is 0 Å². The number of hydrogen-bond donors (Lipinski definition) is 0. The van der Waals surface area contributed by atoms with Crippen molar-refractivity contribution in [1.29, 1.82) is 0 Å². The summed E-state index contributed by atoms with van der Waals surface area (Å²) < 4.78 is 0. The zero-order valence-corrected chi connectivity index (χ0v) is 36.1. The molecular formula is C58H50P2+2. The maximum atomic E-state index is 2.75. The Kier molecular flexibility index (Phi) is 10.4. The summed E-state index contributed by atoms with van der Waals surface area (Å²) in [4.78, 5) is 0. The van der Waals surface area contributed by atoms with Crippen LogP contribution in [0.25, 0.3) is 10.6 Å². The van der Waals surface area contributed by atoms with Gasteiger partial charge in [0.1, 0.15) is 57.7 Å². The van der Waals surface area contributed by atoms with Crippen molar-refractivity contribution in [1.82, 2.24) is 0 Å². The molecule has 0 fully saturated rings. The fourth-order valence-electron chi connectivity index (χ4n) is 10.6. The molecule has 0 radical (unpaired) electrons. The van der Waals surface area contributed by atoms with Crippen LogP contribution in [0, 0.1) is 13.8 Å². The van der Waals surface area contributed by atoms with Gasteiger partial charge in [-0.25, -0.2) is 0 Å². The average Bonchev–Trinajstić information content (AvgIpc) is 3.86. The van der Waals surface area contributed by atoms with E-state index in [2.05, 4.69) is 257 Å². The van der Waals surface area contributed by atoms with E-state index in [1.165, 1.54) is 65.2 Å². The van der Waals surface area contributed by atoms with Crippen LogP contribution in [0.15, 0.2) is 243 Å². The van der Waals surface area contributed by atoms with Crippen LogP contribution in [0.1, 0.15) is 45.2 Å². The second-order valence-electron chi connectivity index (χ2n) is 16.5. The highest BCUT2D eigenvalue weighted by atomic mass is 31.2. The fraction of sp³-hybridized carbons (Fsp3) is 0.103. The highest BCUT2D eigenvalue weighted by Crippen LogP contribution is 2.87. The Labute approximate surface area is 357 Å². The van der Waals surface area contributed by atoms with E-state index in [0.717, 1.165) is 0 Å². The van der Waals surface area contributed by atoms with E-state index in [-0.39, 0.29) is 23.2 Å². The monoisotopic (exact) mass is 808 g/mol. The molecule has 0 saturated carbocycles. The average molecular weight is 809 g/mol. The van der Waals surface area contributed by atoms with Gasteiger partial charge >= 0.3 is 0 Å². The Morgan fingerprint density at radius 1 is 0.283 bits per heavy atom. The van der Waals surface area contributed by atoms with Crippen molar-refractivity contribution in [3.05, 3.63) is 276 Å². The first kappa shape index (κ1) is 38.3. The van der Waals surface area contributed by atoms with E-state index < -0.39 is 14.5 Å². The molecule has 2 heteroatoms. The molecule has 4 unspecified atom stereocenters. The number of rotatable bonds is 9. The lowest BCUT2D eigenvalue weighted by Gasteiger charge is -2.43. The molecule has 2 aliphatic heterocycles. The highest BCUT2D eigenvalue weighted by molar-refractivity contribution is 8.02. The molecule has 8 aromatic rings. The molecule has 0 aromatic heterocycles. The first-order valence-electron chi connectivity index (χ1n) is 21.3. The summed E-state index contributed by atoms with van der Waals surface area (Å²) >= 11 is 0. The van der Waals surface area contributed by atoms with E-state index in [0.29, 0.717) is 0 Å². The topological polar surface area (TPSA) is 0 Å². The van der Waals surface area contributed by atoms with Crippen LogP contribution in [-0.2, 0) is 0 Å². The van der Waals surface area contributed by atoms with E-state index in [1.54, 1.807) is 0 Å². The molecule has 2 aliphatic rings. The van der Waals surface area contributed by atoms with Gasteiger partial charge in [0, 0.05) is 23.0 Å². The third-order valence-corrected chi connectivity index (χ3v) is 23.2. The smallest absolute Gasteiger partial charge is 0.0622 e. The molecular weight excluding hydrogens is 759 g/mol. The second kappa shape index (κ2) is 16.3. The number of hydrogen-bond acceptors (Lipinski definition) is 0. The van der Waals surface area contributed by atoms with Gasteiger partial charge in [-0.1, -0.05) is 193 Å². The van der Waals surface area contributed by atoms with Crippen molar-refractivity contribution in [3.63, 3.8) is 0 Å². The van der Waals surface area contributed by atoms with Gasteiger partial charge in [-0.15, -0.1) is 0 Å². The fourth-order valence-corrected chi connectivity index (χ4v) is 22.8. The molecule has 10 rings (SSSR count). The number of allylic oxidation sites excluding steroid dienone is 2. The Bertz CT molecular complexity index is 2470. The zero-order chi connectivity index (χ0) is 40.5. The lowest BCUT2D eigenvalue weighted by atomic mass is 9.85. The van der Waals surface area contributed by atoms with Gasteiger partial charge in [0.05, 0.1) is 0 Å². The summed E-state index contributed by atoms with van der Waals surface area (Å²) in [5.41, 5.74) is 8.36. The maximum Gasteiger partial charge on any atom is 0.132 e. The summed E-state index contributed by atoms with van der Waals surface area (Å²) in [6.07, 6.45) is 5.49. The van der Waals surface area contributed by atoms with Gasteiger partial charge in [-0.05, 0) is 85.7 Å². The van der Waals surface area contributed by atoms with Crippen LogP contribution < -0.4 is 21.2 Å². The van der Waals surface area contributed by atoms with Gasteiger partial charge < -0.3 is 0 Å². The van der Waals surface area contributed by atoms with Gasteiger partial charge in [0.15, 0.2) is 0 Å². The minimum Gasteiger partial charge on any atom is -0.0622 e. The first-order chi connectivity index (χ1) is 29.6. The predicted octanol–water partition coefficient (Wildman–Crippen LogP) is 13.4. The molecule has 0 spiro atoms. The van der Waals surface area contributed by atoms with Crippen LogP contribution in [0.4, 0.5) is 0 Å². The van der Waals surface area contributed by atoms with Gasteiger partial charge in [0.25, 0.3) is 0 Å². The van der Waals surface area contributed by atoms with Crippen molar-refractivity contribution in [3.8, 4) is 0 Å². The van der Waals surface area contributed by atoms with Gasteiger partial charge in [0.2, 0.25) is 0 Å². The van der Waals surface area contributed by atoms with Crippen molar-refractivity contribution in [2.75, 3.05) is 0 Å².